The smallest absolute Gasteiger partial charge is 0.0651 e. The maximum atomic E-state index is 4.10. The van der Waals surface area contributed by atoms with E-state index in [0.29, 0.717) is 6.04 Å². The van der Waals surface area contributed by atoms with E-state index in [1.54, 1.807) is 0 Å². The van der Waals surface area contributed by atoms with Gasteiger partial charge >= 0.3 is 0 Å². The number of H-pyrrole nitrogens is 2. The molecule has 0 amide bonds. The molecule has 3 N–H and O–H groups in total. The Hall–Kier alpha value is -2.79. The van der Waals surface area contributed by atoms with E-state index < -0.39 is 0 Å². The van der Waals surface area contributed by atoms with E-state index in [-0.39, 0.29) is 0 Å². The van der Waals surface area contributed by atoms with Gasteiger partial charge in [0, 0.05) is 41.9 Å². The number of aromatic amines is 2. The van der Waals surface area contributed by atoms with Crippen LogP contribution < -0.4 is 5.32 Å². The molecule has 1 atom stereocenters. The molecule has 0 radical (unpaired) electrons. The zero-order valence-corrected chi connectivity index (χ0v) is 14.7. The number of nitrogens with zero attached hydrogens (tertiary/aromatic N) is 2. The summed E-state index contributed by atoms with van der Waals surface area (Å²) in [4.78, 5) is 5.87. The molecule has 0 spiro atoms. The highest BCUT2D eigenvalue weighted by atomic mass is 15.2. The lowest BCUT2D eigenvalue weighted by Crippen LogP contribution is -2.41. The molecule has 5 heteroatoms. The monoisotopic (exact) mass is 345 g/mol. The van der Waals surface area contributed by atoms with Crippen molar-refractivity contribution in [2.75, 3.05) is 18.4 Å². The standard InChI is InChI=1S/C21H23N5/c1-2-19(24-18-5-6-20-17(11-18)12-23-25-20)14-26(9-1)13-15-3-4-16-7-8-22-21(16)10-15/h3-8,10-12,19,22,24H,1-2,9,13-14H2,(H,23,25)/t19-/m1/s1. The summed E-state index contributed by atoms with van der Waals surface area (Å²) in [6.07, 6.45) is 6.34. The Balaban J connectivity index is 1.26. The van der Waals surface area contributed by atoms with E-state index in [4.69, 9.17) is 0 Å². The summed E-state index contributed by atoms with van der Waals surface area (Å²) < 4.78 is 0. The maximum Gasteiger partial charge on any atom is 0.0651 e. The second-order valence-corrected chi connectivity index (χ2v) is 7.29. The van der Waals surface area contributed by atoms with Crippen LogP contribution in [0.3, 0.4) is 0 Å². The Morgan fingerprint density at radius 3 is 3.08 bits per heavy atom. The molecule has 3 heterocycles. The summed E-state index contributed by atoms with van der Waals surface area (Å²) in [5, 5.41) is 13.3. The SMILES string of the molecule is c1cc2ccc(CN3CCC[C@@H](Nc4ccc5[nH]ncc5c4)C3)cc2[nH]1. The largest absolute Gasteiger partial charge is 0.381 e. The fourth-order valence-electron chi connectivity index (χ4n) is 4.04. The first-order valence-corrected chi connectivity index (χ1v) is 9.31. The molecule has 1 aliphatic rings. The van der Waals surface area contributed by atoms with Gasteiger partial charge in [-0.2, -0.15) is 5.10 Å². The molecule has 2 aromatic carbocycles. The summed E-state index contributed by atoms with van der Waals surface area (Å²) in [5.74, 6) is 0. The van der Waals surface area contributed by atoms with Gasteiger partial charge in [0.05, 0.1) is 11.7 Å². The Bertz CT molecular complexity index is 949. The van der Waals surface area contributed by atoms with Gasteiger partial charge in [-0.25, -0.2) is 0 Å². The number of rotatable bonds is 4. The van der Waals surface area contributed by atoms with Crippen molar-refractivity contribution in [3.05, 3.63) is 60.4 Å². The van der Waals surface area contributed by atoms with Crippen LogP contribution in [0.5, 0.6) is 0 Å². The summed E-state index contributed by atoms with van der Waals surface area (Å²) in [7, 11) is 0. The number of benzene rings is 2. The second kappa shape index (κ2) is 6.50. The van der Waals surface area contributed by atoms with E-state index >= 15 is 0 Å². The van der Waals surface area contributed by atoms with Gasteiger partial charge < -0.3 is 10.3 Å². The van der Waals surface area contributed by atoms with Crippen molar-refractivity contribution in [1.82, 2.24) is 20.1 Å². The molecule has 1 saturated heterocycles. The number of fused-ring (bicyclic) bond motifs is 2. The number of aromatic nitrogens is 3. The Labute approximate surface area is 152 Å². The van der Waals surface area contributed by atoms with Gasteiger partial charge in [0.2, 0.25) is 0 Å². The van der Waals surface area contributed by atoms with Gasteiger partial charge in [-0.05, 0) is 60.7 Å². The molecule has 2 aromatic heterocycles. The normalized spacial score (nSPS) is 18.5. The van der Waals surface area contributed by atoms with Crippen LogP contribution in [-0.2, 0) is 6.54 Å². The highest BCUT2D eigenvalue weighted by Crippen LogP contribution is 2.22. The highest BCUT2D eigenvalue weighted by molar-refractivity contribution is 5.82. The van der Waals surface area contributed by atoms with Crippen molar-refractivity contribution in [3.63, 3.8) is 0 Å². The lowest BCUT2D eigenvalue weighted by molar-refractivity contribution is 0.208. The van der Waals surface area contributed by atoms with Crippen LogP contribution in [0.25, 0.3) is 21.8 Å². The summed E-state index contributed by atoms with van der Waals surface area (Å²) >= 11 is 0. The highest BCUT2D eigenvalue weighted by Gasteiger charge is 2.20. The third-order valence-electron chi connectivity index (χ3n) is 5.34. The van der Waals surface area contributed by atoms with Crippen LogP contribution in [-0.4, -0.2) is 39.2 Å². The van der Waals surface area contributed by atoms with Gasteiger partial charge in [0.15, 0.2) is 0 Å². The van der Waals surface area contributed by atoms with Crippen LogP contribution in [0, 0.1) is 0 Å². The average molecular weight is 345 g/mol. The van der Waals surface area contributed by atoms with Crippen LogP contribution in [0.15, 0.2) is 54.9 Å². The number of anilines is 1. The first-order valence-electron chi connectivity index (χ1n) is 9.31. The van der Waals surface area contributed by atoms with Crippen molar-refractivity contribution >= 4 is 27.5 Å². The number of likely N-dealkylation sites (tertiary alicyclic amines) is 1. The minimum Gasteiger partial charge on any atom is -0.381 e. The number of hydrogen-bond acceptors (Lipinski definition) is 3. The van der Waals surface area contributed by atoms with E-state index in [9.17, 15) is 0 Å². The molecular formula is C21H23N5. The lowest BCUT2D eigenvalue weighted by Gasteiger charge is -2.33. The van der Waals surface area contributed by atoms with Crippen LogP contribution in [0.1, 0.15) is 18.4 Å². The number of piperidine rings is 1. The second-order valence-electron chi connectivity index (χ2n) is 7.29. The molecule has 5 rings (SSSR count). The Morgan fingerprint density at radius 1 is 1.08 bits per heavy atom. The van der Waals surface area contributed by atoms with Crippen molar-refractivity contribution in [3.8, 4) is 0 Å². The van der Waals surface area contributed by atoms with Crippen molar-refractivity contribution < 1.29 is 0 Å². The van der Waals surface area contributed by atoms with Gasteiger partial charge in [0.25, 0.3) is 0 Å². The van der Waals surface area contributed by atoms with E-state index in [1.807, 2.05) is 12.4 Å². The first-order chi connectivity index (χ1) is 12.8. The van der Waals surface area contributed by atoms with E-state index in [2.05, 4.69) is 67.9 Å². The van der Waals surface area contributed by atoms with Gasteiger partial charge in [-0.3, -0.25) is 10.00 Å². The van der Waals surface area contributed by atoms with Gasteiger partial charge in [-0.15, -0.1) is 0 Å². The molecule has 0 unspecified atom stereocenters. The van der Waals surface area contributed by atoms with Crippen molar-refractivity contribution in [1.29, 1.82) is 0 Å². The van der Waals surface area contributed by atoms with E-state index in [0.717, 1.165) is 24.0 Å². The Morgan fingerprint density at radius 2 is 2.08 bits per heavy atom. The van der Waals surface area contributed by atoms with Crippen molar-refractivity contribution in [2.45, 2.75) is 25.4 Å². The zero-order valence-electron chi connectivity index (χ0n) is 14.7. The molecule has 1 aliphatic heterocycles. The predicted octanol–water partition coefficient (Wildman–Crippen LogP) is 4.12. The lowest BCUT2D eigenvalue weighted by atomic mass is 10.0. The fourth-order valence-corrected chi connectivity index (χ4v) is 4.04. The minimum absolute atomic E-state index is 0.488. The van der Waals surface area contributed by atoms with Crippen molar-refractivity contribution in [2.24, 2.45) is 0 Å². The molecule has 4 aromatic rings. The summed E-state index contributed by atoms with van der Waals surface area (Å²) in [6, 6.07) is 15.8. The molecule has 26 heavy (non-hydrogen) atoms. The molecule has 132 valence electrons. The van der Waals surface area contributed by atoms with Gasteiger partial charge in [-0.1, -0.05) is 12.1 Å². The van der Waals surface area contributed by atoms with E-state index in [1.165, 1.54) is 41.5 Å². The number of hydrogen-bond donors (Lipinski definition) is 3. The van der Waals surface area contributed by atoms with Crippen LogP contribution >= 0.6 is 0 Å². The quantitative estimate of drug-likeness (QED) is 0.521. The average Bonchev–Trinajstić information content (AvgIpc) is 3.30. The van der Waals surface area contributed by atoms with Crippen LogP contribution in [0.4, 0.5) is 5.69 Å². The zero-order chi connectivity index (χ0) is 17.3. The molecule has 0 aliphatic carbocycles. The Kier molecular flexibility index (Phi) is 3.87. The summed E-state index contributed by atoms with van der Waals surface area (Å²) in [5.41, 5.74) is 4.86. The third kappa shape index (κ3) is 3.06. The maximum absolute atomic E-state index is 4.10. The van der Waals surface area contributed by atoms with Crippen LogP contribution in [0.2, 0.25) is 0 Å². The predicted molar refractivity (Wildman–Crippen MR) is 106 cm³/mol. The van der Waals surface area contributed by atoms with Gasteiger partial charge in [0.1, 0.15) is 0 Å². The molecule has 0 bridgehead atoms. The molecule has 5 nitrogen and oxygen atoms in total. The molecule has 1 fully saturated rings. The third-order valence-corrected chi connectivity index (χ3v) is 5.34. The summed E-state index contributed by atoms with van der Waals surface area (Å²) in [6.45, 7) is 3.25. The molecule has 0 saturated carbocycles. The molecular weight excluding hydrogens is 322 g/mol. The fraction of sp³-hybridized carbons (Fsp3) is 0.286. The topological polar surface area (TPSA) is 59.7 Å². The number of nitrogens with one attached hydrogen (secondary N) is 3. The minimum atomic E-state index is 0.488. The first kappa shape index (κ1) is 15.5.